The number of rotatable bonds is 1. The van der Waals surface area contributed by atoms with E-state index in [1.807, 2.05) is 37.4 Å². The van der Waals surface area contributed by atoms with Gasteiger partial charge in [-0.05, 0) is 12.6 Å². The average molecular weight is 193 g/mol. The Kier molecular flexibility index (Phi) is 2.82. The largest absolute Gasteiger partial charge is 0.367 e. The molecule has 1 aliphatic rings. The van der Waals surface area contributed by atoms with Crippen LogP contribution in [0.25, 0.3) is 0 Å². The minimum absolute atomic E-state index is 0.00931. The van der Waals surface area contributed by atoms with Gasteiger partial charge in [0.05, 0.1) is 6.10 Å². The molecule has 1 N–H and O–H groups in total. The Morgan fingerprint density at radius 1 is 1.29 bits per heavy atom. The Labute approximate surface area is 83.9 Å². The highest BCUT2D eigenvalue weighted by molar-refractivity contribution is 5.18. The molecule has 0 saturated carbocycles. The van der Waals surface area contributed by atoms with Crippen LogP contribution in [-0.2, 0) is 4.74 Å². The highest BCUT2D eigenvalue weighted by Gasteiger charge is 2.24. The van der Waals surface area contributed by atoms with Crippen molar-refractivity contribution in [3.05, 3.63) is 35.9 Å². The average Bonchev–Trinajstić information content (AvgIpc) is 2.18. The molecule has 1 aliphatic heterocycles. The summed E-state index contributed by atoms with van der Waals surface area (Å²) in [7, 11) is 1.99. The number of morpholine rings is 1. The molecule has 76 valence electrons. The molecular weight excluding hydrogens is 178 g/mol. The Morgan fingerprint density at radius 3 is 2.64 bits per heavy atom. The van der Waals surface area contributed by atoms with Gasteiger partial charge in [-0.1, -0.05) is 30.3 Å². The van der Waals surface area contributed by atoms with Gasteiger partial charge in [0.15, 0.2) is 6.29 Å². The highest BCUT2D eigenvalue weighted by Crippen LogP contribution is 2.23. The summed E-state index contributed by atoms with van der Waals surface area (Å²) in [5.74, 6) is 0. The van der Waals surface area contributed by atoms with Crippen molar-refractivity contribution in [2.24, 2.45) is 0 Å². The monoisotopic (exact) mass is 193 g/mol. The van der Waals surface area contributed by atoms with Gasteiger partial charge in [-0.3, -0.25) is 4.90 Å². The maximum Gasteiger partial charge on any atom is 0.168 e. The zero-order valence-corrected chi connectivity index (χ0v) is 8.26. The second kappa shape index (κ2) is 4.09. The summed E-state index contributed by atoms with van der Waals surface area (Å²) in [6.07, 6.45) is -0.677. The lowest BCUT2D eigenvalue weighted by Crippen LogP contribution is -2.41. The molecule has 0 bridgehead atoms. The fourth-order valence-corrected chi connectivity index (χ4v) is 1.75. The third-order valence-electron chi connectivity index (χ3n) is 2.44. The standard InChI is InChI=1S/C11H15NO2/c1-12-7-10(14-11(13)8-12)9-5-3-2-4-6-9/h2-6,10-11,13H,7-8H2,1H3. The topological polar surface area (TPSA) is 32.7 Å². The first-order valence-electron chi connectivity index (χ1n) is 4.83. The summed E-state index contributed by atoms with van der Waals surface area (Å²) >= 11 is 0. The van der Waals surface area contributed by atoms with Gasteiger partial charge in [-0.2, -0.15) is 0 Å². The molecule has 2 rings (SSSR count). The summed E-state index contributed by atoms with van der Waals surface area (Å²) in [5.41, 5.74) is 1.12. The number of nitrogens with zero attached hydrogens (tertiary/aromatic N) is 1. The third kappa shape index (κ3) is 2.12. The molecule has 14 heavy (non-hydrogen) atoms. The maximum absolute atomic E-state index is 9.45. The number of aliphatic hydroxyl groups excluding tert-OH is 1. The fourth-order valence-electron chi connectivity index (χ4n) is 1.75. The Balaban J connectivity index is 2.11. The van der Waals surface area contributed by atoms with Crippen LogP contribution in [0.15, 0.2) is 30.3 Å². The molecule has 0 spiro atoms. The second-order valence-electron chi connectivity index (χ2n) is 3.71. The SMILES string of the molecule is CN1CC(O)OC(c2ccccc2)C1. The number of likely N-dealkylation sites (N-methyl/N-ethyl adjacent to an activating group) is 1. The van der Waals surface area contributed by atoms with Crippen molar-refractivity contribution in [1.82, 2.24) is 4.90 Å². The van der Waals surface area contributed by atoms with Gasteiger partial charge in [0.1, 0.15) is 0 Å². The smallest absolute Gasteiger partial charge is 0.168 e. The van der Waals surface area contributed by atoms with Crippen LogP contribution in [-0.4, -0.2) is 36.4 Å². The van der Waals surface area contributed by atoms with E-state index in [0.717, 1.165) is 12.1 Å². The summed E-state index contributed by atoms with van der Waals surface area (Å²) in [5, 5.41) is 9.45. The van der Waals surface area contributed by atoms with Crippen molar-refractivity contribution in [2.45, 2.75) is 12.4 Å². The van der Waals surface area contributed by atoms with Crippen molar-refractivity contribution in [1.29, 1.82) is 0 Å². The van der Waals surface area contributed by atoms with Gasteiger partial charge in [-0.15, -0.1) is 0 Å². The van der Waals surface area contributed by atoms with Crippen molar-refractivity contribution in [3.63, 3.8) is 0 Å². The number of ether oxygens (including phenoxy) is 1. The van der Waals surface area contributed by atoms with E-state index in [0.29, 0.717) is 6.54 Å². The number of hydrogen-bond acceptors (Lipinski definition) is 3. The van der Waals surface area contributed by atoms with E-state index < -0.39 is 6.29 Å². The van der Waals surface area contributed by atoms with E-state index in [2.05, 4.69) is 4.90 Å². The maximum atomic E-state index is 9.45. The molecular formula is C11H15NO2. The molecule has 0 amide bonds. The summed E-state index contributed by atoms with van der Waals surface area (Å²) in [6, 6.07) is 10.00. The molecule has 1 saturated heterocycles. The van der Waals surface area contributed by atoms with Crippen LogP contribution in [0.4, 0.5) is 0 Å². The van der Waals surface area contributed by atoms with Gasteiger partial charge >= 0.3 is 0 Å². The molecule has 1 aromatic carbocycles. The zero-order chi connectivity index (χ0) is 9.97. The van der Waals surface area contributed by atoms with Crippen LogP contribution in [0.5, 0.6) is 0 Å². The van der Waals surface area contributed by atoms with Gasteiger partial charge in [0, 0.05) is 13.1 Å². The lowest BCUT2D eigenvalue weighted by molar-refractivity contribution is -0.181. The van der Waals surface area contributed by atoms with Crippen LogP contribution in [0.1, 0.15) is 11.7 Å². The molecule has 2 unspecified atom stereocenters. The van der Waals surface area contributed by atoms with Gasteiger partial charge < -0.3 is 9.84 Å². The predicted octanol–water partition coefficient (Wildman–Crippen LogP) is 1.01. The van der Waals surface area contributed by atoms with Gasteiger partial charge in [0.25, 0.3) is 0 Å². The van der Waals surface area contributed by atoms with Crippen molar-refractivity contribution < 1.29 is 9.84 Å². The van der Waals surface area contributed by atoms with Crippen LogP contribution < -0.4 is 0 Å². The lowest BCUT2D eigenvalue weighted by Gasteiger charge is -2.33. The fraction of sp³-hybridized carbons (Fsp3) is 0.455. The molecule has 1 fully saturated rings. The van der Waals surface area contributed by atoms with Gasteiger partial charge in [0.2, 0.25) is 0 Å². The van der Waals surface area contributed by atoms with Crippen molar-refractivity contribution in [2.75, 3.05) is 20.1 Å². The van der Waals surface area contributed by atoms with E-state index in [4.69, 9.17) is 4.74 Å². The van der Waals surface area contributed by atoms with E-state index in [9.17, 15) is 5.11 Å². The van der Waals surface area contributed by atoms with Gasteiger partial charge in [-0.25, -0.2) is 0 Å². The van der Waals surface area contributed by atoms with Crippen molar-refractivity contribution in [3.8, 4) is 0 Å². The first kappa shape index (κ1) is 9.65. The molecule has 0 radical (unpaired) electrons. The third-order valence-corrected chi connectivity index (χ3v) is 2.44. The molecule has 3 nitrogen and oxygen atoms in total. The lowest BCUT2D eigenvalue weighted by atomic mass is 10.1. The molecule has 1 heterocycles. The van der Waals surface area contributed by atoms with Crippen LogP contribution in [0.2, 0.25) is 0 Å². The Morgan fingerprint density at radius 2 is 2.00 bits per heavy atom. The molecule has 0 aliphatic carbocycles. The number of benzene rings is 1. The van der Waals surface area contributed by atoms with Crippen LogP contribution in [0.3, 0.4) is 0 Å². The van der Waals surface area contributed by atoms with E-state index in [-0.39, 0.29) is 6.10 Å². The number of aliphatic hydroxyl groups is 1. The Hall–Kier alpha value is -0.900. The predicted molar refractivity (Wildman–Crippen MR) is 53.8 cm³/mol. The normalized spacial score (nSPS) is 29.0. The Bertz CT molecular complexity index is 279. The number of β-amino-alcohol motifs (C(OH)–C–C–N with tert-alkyl or cyclic N) is 1. The summed E-state index contributed by atoms with van der Waals surface area (Å²) in [4.78, 5) is 2.08. The molecule has 3 heteroatoms. The molecule has 2 atom stereocenters. The van der Waals surface area contributed by atoms with E-state index in [1.54, 1.807) is 0 Å². The highest BCUT2D eigenvalue weighted by atomic mass is 16.6. The zero-order valence-electron chi connectivity index (χ0n) is 8.26. The quantitative estimate of drug-likeness (QED) is 0.722. The van der Waals surface area contributed by atoms with Crippen LogP contribution >= 0.6 is 0 Å². The molecule has 0 aromatic heterocycles. The van der Waals surface area contributed by atoms with E-state index in [1.165, 1.54) is 0 Å². The minimum Gasteiger partial charge on any atom is -0.367 e. The second-order valence-corrected chi connectivity index (χ2v) is 3.71. The van der Waals surface area contributed by atoms with E-state index >= 15 is 0 Å². The molecule has 1 aromatic rings. The van der Waals surface area contributed by atoms with Crippen LogP contribution in [0, 0.1) is 0 Å². The number of hydrogen-bond donors (Lipinski definition) is 1. The first-order chi connectivity index (χ1) is 6.75. The first-order valence-corrected chi connectivity index (χ1v) is 4.83. The summed E-state index contributed by atoms with van der Waals surface area (Å²) < 4.78 is 5.46. The summed E-state index contributed by atoms with van der Waals surface area (Å²) in [6.45, 7) is 1.42. The van der Waals surface area contributed by atoms with Crippen molar-refractivity contribution >= 4 is 0 Å². The minimum atomic E-state index is -0.668.